The van der Waals surface area contributed by atoms with Crippen molar-refractivity contribution in [3.05, 3.63) is 29.6 Å². The number of fused-ring (bicyclic) bond motifs is 2. The Labute approximate surface area is 111 Å². The summed E-state index contributed by atoms with van der Waals surface area (Å²) in [7, 11) is 0. The number of hydrogen-bond acceptors (Lipinski definition) is 3. The molecule has 5 heteroatoms. The number of anilines is 1. The molecule has 2 heterocycles. The topological polar surface area (TPSA) is 66.6 Å². The molecule has 4 nitrogen and oxygen atoms in total. The van der Waals surface area contributed by atoms with Crippen molar-refractivity contribution in [2.24, 2.45) is 0 Å². The van der Waals surface area contributed by atoms with Gasteiger partial charge < -0.3 is 15.7 Å². The molecular weight excluding hydrogens is 247 g/mol. The summed E-state index contributed by atoms with van der Waals surface area (Å²) in [6, 6.07) is 4.24. The Bertz CT molecular complexity index is 506. The number of halogens is 1. The van der Waals surface area contributed by atoms with Crippen molar-refractivity contribution >= 4 is 11.6 Å². The van der Waals surface area contributed by atoms with E-state index in [4.69, 9.17) is 5.73 Å². The van der Waals surface area contributed by atoms with E-state index in [1.165, 1.54) is 18.2 Å². The first kappa shape index (κ1) is 12.4. The molecule has 0 spiro atoms. The number of carbonyl (C=O) groups is 1. The molecule has 3 rings (SSSR count). The molecule has 0 radical (unpaired) electrons. The Balaban J connectivity index is 1.88. The number of aliphatic hydroxyl groups excluding tert-OH is 1. The molecule has 0 aromatic heterocycles. The predicted molar refractivity (Wildman–Crippen MR) is 69.0 cm³/mol. The van der Waals surface area contributed by atoms with Gasteiger partial charge in [-0.1, -0.05) is 0 Å². The van der Waals surface area contributed by atoms with Crippen LogP contribution in [0.2, 0.25) is 0 Å². The first-order valence-corrected chi connectivity index (χ1v) is 6.62. The summed E-state index contributed by atoms with van der Waals surface area (Å²) in [6.45, 7) is 0. The Morgan fingerprint density at radius 1 is 1.32 bits per heavy atom. The minimum Gasteiger partial charge on any atom is -0.399 e. The molecule has 102 valence electrons. The number of amides is 1. The maximum atomic E-state index is 13.8. The van der Waals surface area contributed by atoms with E-state index in [0.29, 0.717) is 18.5 Å². The minimum absolute atomic E-state index is 0.0400. The van der Waals surface area contributed by atoms with Crippen LogP contribution in [0.4, 0.5) is 10.1 Å². The average molecular weight is 264 g/mol. The van der Waals surface area contributed by atoms with Crippen LogP contribution in [0.3, 0.4) is 0 Å². The van der Waals surface area contributed by atoms with E-state index in [2.05, 4.69) is 0 Å². The van der Waals surface area contributed by atoms with Gasteiger partial charge in [-0.05, 0) is 43.9 Å². The van der Waals surface area contributed by atoms with Crippen LogP contribution in [0.15, 0.2) is 18.2 Å². The number of aliphatic hydroxyl groups is 1. The molecule has 2 saturated heterocycles. The molecule has 19 heavy (non-hydrogen) atoms. The molecular formula is C14H17FN2O2. The fourth-order valence-electron chi connectivity index (χ4n) is 3.32. The lowest BCUT2D eigenvalue weighted by Crippen LogP contribution is -2.48. The molecule has 2 unspecified atom stereocenters. The van der Waals surface area contributed by atoms with Gasteiger partial charge in [-0.3, -0.25) is 4.79 Å². The van der Waals surface area contributed by atoms with Gasteiger partial charge in [-0.25, -0.2) is 4.39 Å². The van der Waals surface area contributed by atoms with Crippen molar-refractivity contribution < 1.29 is 14.3 Å². The number of nitrogens with zero attached hydrogens (tertiary/aromatic N) is 1. The van der Waals surface area contributed by atoms with Crippen LogP contribution in [0.25, 0.3) is 0 Å². The Morgan fingerprint density at radius 3 is 2.53 bits per heavy atom. The minimum atomic E-state index is -0.574. The molecule has 2 aliphatic rings. The van der Waals surface area contributed by atoms with Crippen molar-refractivity contribution in [1.82, 2.24) is 4.90 Å². The lowest BCUT2D eigenvalue weighted by Gasteiger charge is -2.37. The number of benzene rings is 1. The summed E-state index contributed by atoms with van der Waals surface area (Å²) in [5.41, 5.74) is 5.88. The van der Waals surface area contributed by atoms with Gasteiger partial charge in [0.05, 0.1) is 11.7 Å². The van der Waals surface area contributed by atoms with E-state index in [-0.39, 0.29) is 29.7 Å². The maximum Gasteiger partial charge on any atom is 0.257 e. The summed E-state index contributed by atoms with van der Waals surface area (Å²) in [5, 5.41) is 9.72. The second-order valence-electron chi connectivity index (χ2n) is 5.46. The number of piperidine rings is 1. The van der Waals surface area contributed by atoms with Gasteiger partial charge in [-0.2, -0.15) is 0 Å². The highest BCUT2D eigenvalue weighted by Gasteiger charge is 2.43. The Morgan fingerprint density at radius 2 is 1.95 bits per heavy atom. The van der Waals surface area contributed by atoms with Crippen LogP contribution in [0.1, 0.15) is 36.0 Å². The van der Waals surface area contributed by atoms with Crippen molar-refractivity contribution in [3.63, 3.8) is 0 Å². The number of rotatable bonds is 1. The number of nitrogen functional groups attached to an aromatic ring is 1. The normalized spacial score (nSPS) is 29.6. The van der Waals surface area contributed by atoms with Crippen molar-refractivity contribution in [1.29, 1.82) is 0 Å². The molecule has 1 aromatic rings. The molecule has 1 aromatic carbocycles. The van der Waals surface area contributed by atoms with E-state index in [1.807, 2.05) is 0 Å². The predicted octanol–water partition coefficient (Wildman–Crippen LogP) is 1.54. The third kappa shape index (κ3) is 2.08. The van der Waals surface area contributed by atoms with E-state index in [9.17, 15) is 14.3 Å². The third-order valence-corrected chi connectivity index (χ3v) is 4.17. The average Bonchev–Trinajstić information content (AvgIpc) is 2.61. The number of nitrogens with two attached hydrogens (primary N) is 1. The van der Waals surface area contributed by atoms with E-state index in [1.54, 1.807) is 4.90 Å². The monoisotopic (exact) mass is 264 g/mol. The SMILES string of the molecule is Nc1ccc(C(=O)N2C3CCC2CC(O)C3)c(F)c1. The first-order valence-electron chi connectivity index (χ1n) is 6.62. The summed E-state index contributed by atoms with van der Waals surface area (Å²) in [4.78, 5) is 14.2. The highest BCUT2D eigenvalue weighted by molar-refractivity contribution is 5.95. The van der Waals surface area contributed by atoms with Crippen LogP contribution in [0.5, 0.6) is 0 Å². The van der Waals surface area contributed by atoms with Crippen LogP contribution in [-0.2, 0) is 0 Å². The zero-order chi connectivity index (χ0) is 13.6. The third-order valence-electron chi connectivity index (χ3n) is 4.17. The zero-order valence-electron chi connectivity index (χ0n) is 10.6. The van der Waals surface area contributed by atoms with E-state index < -0.39 is 5.82 Å². The molecule has 3 N–H and O–H groups in total. The second kappa shape index (κ2) is 4.49. The highest BCUT2D eigenvalue weighted by atomic mass is 19.1. The smallest absolute Gasteiger partial charge is 0.257 e. The van der Waals surface area contributed by atoms with Crippen LogP contribution < -0.4 is 5.73 Å². The standard InChI is InChI=1S/C14H17FN2O2/c15-13-5-8(16)1-4-12(13)14(19)17-9-2-3-10(17)7-11(18)6-9/h1,4-5,9-11,18H,2-3,6-7,16H2. The van der Waals surface area contributed by atoms with E-state index in [0.717, 1.165) is 12.8 Å². The fourth-order valence-corrected chi connectivity index (χ4v) is 3.32. The van der Waals surface area contributed by atoms with Gasteiger partial charge in [0.25, 0.3) is 5.91 Å². The maximum absolute atomic E-state index is 13.8. The van der Waals surface area contributed by atoms with Crippen molar-refractivity contribution in [2.75, 3.05) is 5.73 Å². The first-order chi connectivity index (χ1) is 9.06. The second-order valence-corrected chi connectivity index (χ2v) is 5.46. The van der Waals surface area contributed by atoms with Crippen molar-refractivity contribution in [2.45, 2.75) is 43.9 Å². The van der Waals surface area contributed by atoms with Gasteiger partial charge in [0.2, 0.25) is 0 Å². The largest absolute Gasteiger partial charge is 0.399 e. The van der Waals surface area contributed by atoms with Gasteiger partial charge in [-0.15, -0.1) is 0 Å². The summed E-state index contributed by atoms with van der Waals surface area (Å²) < 4.78 is 13.8. The number of hydrogen-bond donors (Lipinski definition) is 2. The summed E-state index contributed by atoms with van der Waals surface area (Å²) in [6.07, 6.45) is 2.64. The highest BCUT2D eigenvalue weighted by Crippen LogP contribution is 2.37. The van der Waals surface area contributed by atoms with Gasteiger partial charge in [0, 0.05) is 17.8 Å². The van der Waals surface area contributed by atoms with Crippen LogP contribution in [-0.4, -0.2) is 34.1 Å². The van der Waals surface area contributed by atoms with Crippen LogP contribution in [0, 0.1) is 5.82 Å². The quantitative estimate of drug-likeness (QED) is 0.756. The molecule has 2 atom stereocenters. The van der Waals surface area contributed by atoms with Crippen LogP contribution >= 0.6 is 0 Å². The fraction of sp³-hybridized carbons (Fsp3) is 0.500. The molecule has 0 aliphatic carbocycles. The van der Waals surface area contributed by atoms with Gasteiger partial charge >= 0.3 is 0 Å². The van der Waals surface area contributed by atoms with Gasteiger partial charge in [0.15, 0.2) is 0 Å². The molecule has 2 aliphatic heterocycles. The Hall–Kier alpha value is -1.62. The van der Waals surface area contributed by atoms with Gasteiger partial charge in [0.1, 0.15) is 5.82 Å². The summed E-state index contributed by atoms with van der Waals surface area (Å²) >= 11 is 0. The lowest BCUT2D eigenvalue weighted by molar-refractivity contribution is 0.0284. The molecule has 0 saturated carbocycles. The summed E-state index contributed by atoms with van der Waals surface area (Å²) in [5.74, 6) is -0.854. The van der Waals surface area contributed by atoms with E-state index >= 15 is 0 Å². The molecule has 1 amide bonds. The molecule has 2 fully saturated rings. The molecule has 2 bridgehead atoms. The number of carbonyl (C=O) groups excluding carboxylic acids is 1. The lowest BCUT2D eigenvalue weighted by atomic mass is 9.98. The Kier molecular flexibility index (Phi) is 2.93. The zero-order valence-corrected chi connectivity index (χ0v) is 10.6. The van der Waals surface area contributed by atoms with Crippen molar-refractivity contribution in [3.8, 4) is 0 Å².